The number of imidazole rings is 1. The van der Waals surface area contributed by atoms with Crippen LogP contribution in [0.3, 0.4) is 0 Å². The van der Waals surface area contributed by atoms with E-state index < -0.39 is 6.10 Å². The molecule has 0 radical (unpaired) electrons. The Labute approximate surface area is 80.3 Å². The maximum absolute atomic E-state index is 9.88. The van der Waals surface area contributed by atoms with Crippen molar-refractivity contribution < 1.29 is 5.11 Å². The zero-order valence-corrected chi connectivity index (χ0v) is 8.03. The van der Waals surface area contributed by atoms with Gasteiger partial charge in [-0.2, -0.15) is 0 Å². The van der Waals surface area contributed by atoms with Crippen molar-refractivity contribution in [2.75, 3.05) is 0 Å². The van der Waals surface area contributed by atoms with Crippen LogP contribution in [0.1, 0.15) is 16.8 Å². The van der Waals surface area contributed by atoms with Crippen molar-refractivity contribution in [1.29, 1.82) is 0 Å². The van der Waals surface area contributed by atoms with Crippen LogP contribution in [-0.2, 0) is 7.05 Å². The fourth-order valence-corrected chi connectivity index (χ4v) is 1.92. The molecule has 0 aromatic carbocycles. The third-order valence-electron chi connectivity index (χ3n) is 1.92. The van der Waals surface area contributed by atoms with Crippen molar-refractivity contribution in [1.82, 2.24) is 9.55 Å². The first kappa shape index (κ1) is 8.47. The van der Waals surface area contributed by atoms with E-state index in [9.17, 15) is 5.11 Å². The number of thiophene rings is 1. The first-order chi connectivity index (χ1) is 6.29. The summed E-state index contributed by atoms with van der Waals surface area (Å²) < 4.78 is 1.82. The molecular weight excluding hydrogens is 184 g/mol. The Hall–Kier alpha value is -1.13. The number of aromatic nitrogens is 2. The van der Waals surface area contributed by atoms with Gasteiger partial charge in [-0.05, 0) is 11.4 Å². The molecule has 2 heterocycles. The molecular formula is C9H10N2OS. The lowest BCUT2D eigenvalue weighted by Crippen LogP contribution is -2.05. The van der Waals surface area contributed by atoms with E-state index in [0.29, 0.717) is 5.82 Å². The number of hydrogen-bond donors (Lipinski definition) is 1. The van der Waals surface area contributed by atoms with Gasteiger partial charge in [0, 0.05) is 24.3 Å². The van der Waals surface area contributed by atoms with Crippen molar-refractivity contribution in [3.05, 3.63) is 40.6 Å². The molecule has 4 heteroatoms. The third-order valence-corrected chi connectivity index (χ3v) is 2.84. The van der Waals surface area contributed by atoms with Crippen LogP contribution in [0.5, 0.6) is 0 Å². The summed E-state index contributed by atoms with van der Waals surface area (Å²) >= 11 is 1.53. The fraction of sp³-hybridized carbons (Fsp3) is 0.222. The van der Waals surface area contributed by atoms with E-state index >= 15 is 0 Å². The number of hydrogen-bond acceptors (Lipinski definition) is 3. The monoisotopic (exact) mass is 194 g/mol. The second-order valence-electron chi connectivity index (χ2n) is 2.81. The lowest BCUT2D eigenvalue weighted by Gasteiger charge is -2.07. The molecule has 0 unspecified atom stereocenters. The number of aliphatic hydroxyl groups excluding tert-OH is 1. The molecule has 2 rings (SSSR count). The van der Waals surface area contributed by atoms with Crippen LogP contribution in [0.4, 0.5) is 0 Å². The fourth-order valence-electron chi connectivity index (χ4n) is 1.21. The molecule has 0 aliphatic rings. The van der Waals surface area contributed by atoms with Gasteiger partial charge in [-0.1, -0.05) is 6.07 Å². The minimum atomic E-state index is -0.597. The highest BCUT2D eigenvalue weighted by molar-refractivity contribution is 7.10. The second kappa shape index (κ2) is 3.32. The van der Waals surface area contributed by atoms with Crippen molar-refractivity contribution in [3.8, 4) is 0 Å². The topological polar surface area (TPSA) is 38.0 Å². The van der Waals surface area contributed by atoms with Gasteiger partial charge in [0.05, 0.1) is 0 Å². The van der Waals surface area contributed by atoms with Crippen LogP contribution in [0.2, 0.25) is 0 Å². The second-order valence-corrected chi connectivity index (χ2v) is 3.79. The van der Waals surface area contributed by atoms with E-state index in [4.69, 9.17) is 0 Å². The van der Waals surface area contributed by atoms with Gasteiger partial charge in [0.25, 0.3) is 0 Å². The lowest BCUT2D eigenvalue weighted by molar-refractivity contribution is 0.210. The van der Waals surface area contributed by atoms with Crippen LogP contribution >= 0.6 is 11.3 Å². The van der Waals surface area contributed by atoms with Gasteiger partial charge in [0.15, 0.2) is 0 Å². The van der Waals surface area contributed by atoms with E-state index in [1.165, 1.54) is 11.3 Å². The summed E-state index contributed by atoms with van der Waals surface area (Å²) in [5.74, 6) is 0.683. The number of rotatable bonds is 2. The molecule has 0 aliphatic heterocycles. The summed E-state index contributed by atoms with van der Waals surface area (Å²) in [5.41, 5.74) is 0. The predicted molar refractivity (Wildman–Crippen MR) is 51.6 cm³/mol. The minimum absolute atomic E-state index is 0.597. The zero-order chi connectivity index (χ0) is 9.26. The minimum Gasteiger partial charge on any atom is -0.380 e. The summed E-state index contributed by atoms with van der Waals surface area (Å²) in [4.78, 5) is 5.02. The van der Waals surface area contributed by atoms with Gasteiger partial charge in [0.2, 0.25) is 0 Å². The molecule has 13 heavy (non-hydrogen) atoms. The zero-order valence-electron chi connectivity index (χ0n) is 7.21. The molecule has 0 amide bonds. The maximum Gasteiger partial charge on any atom is 0.146 e. The summed E-state index contributed by atoms with van der Waals surface area (Å²) in [6, 6.07) is 3.83. The Morgan fingerprint density at radius 1 is 1.62 bits per heavy atom. The number of aliphatic hydroxyl groups is 1. The number of nitrogens with zero attached hydrogens (tertiary/aromatic N) is 2. The van der Waals surface area contributed by atoms with Gasteiger partial charge >= 0.3 is 0 Å². The smallest absolute Gasteiger partial charge is 0.146 e. The third kappa shape index (κ3) is 1.50. The molecule has 0 fully saturated rings. The normalized spacial score (nSPS) is 13.1. The van der Waals surface area contributed by atoms with Crippen LogP contribution in [0.25, 0.3) is 0 Å². The highest BCUT2D eigenvalue weighted by atomic mass is 32.1. The molecule has 68 valence electrons. The van der Waals surface area contributed by atoms with Crippen molar-refractivity contribution in [2.24, 2.45) is 7.05 Å². The van der Waals surface area contributed by atoms with Crippen molar-refractivity contribution in [2.45, 2.75) is 6.10 Å². The van der Waals surface area contributed by atoms with Crippen LogP contribution < -0.4 is 0 Å². The van der Waals surface area contributed by atoms with Gasteiger partial charge in [-0.25, -0.2) is 4.98 Å². The van der Waals surface area contributed by atoms with E-state index in [0.717, 1.165) is 4.88 Å². The molecule has 1 atom stereocenters. The van der Waals surface area contributed by atoms with E-state index in [1.807, 2.05) is 35.3 Å². The molecule has 0 saturated carbocycles. The molecule has 3 nitrogen and oxygen atoms in total. The summed E-state index contributed by atoms with van der Waals surface area (Å²) in [6.07, 6.45) is 2.91. The van der Waals surface area contributed by atoms with Gasteiger partial charge in [-0.3, -0.25) is 0 Å². The lowest BCUT2D eigenvalue weighted by atomic mass is 10.3. The van der Waals surface area contributed by atoms with Gasteiger partial charge in [0.1, 0.15) is 11.9 Å². The number of aryl methyl sites for hydroxylation is 1. The molecule has 2 aromatic heterocycles. The average Bonchev–Trinajstić information content (AvgIpc) is 2.72. The van der Waals surface area contributed by atoms with Crippen LogP contribution in [0, 0.1) is 0 Å². The molecule has 2 aromatic rings. The van der Waals surface area contributed by atoms with Gasteiger partial charge in [-0.15, -0.1) is 11.3 Å². The van der Waals surface area contributed by atoms with E-state index in [2.05, 4.69) is 4.98 Å². The predicted octanol–water partition coefficient (Wildman–Crippen LogP) is 1.56. The van der Waals surface area contributed by atoms with Crippen molar-refractivity contribution >= 4 is 11.3 Å². The van der Waals surface area contributed by atoms with Gasteiger partial charge < -0.3 is 9.67 Å². The van der Waals surface area contributed by atoms with E-state index in [-0.39, 0.29) is 0 Å². The molecule has 0 saturated heterocycles. The summed E-state index contributed by atoms with van der Waals surface area (Å²) in [6.45, 7) is 0. The summed E-state index contributed by atoms with van der Waals surface area (Å²) in [5, 5.41) is 11.8. The summed E-state index contributed by atoms with van der Waals surface area (Å²) in [7, 11) is 1.87. The molecule has 0 spiro atoms. The van der Waals surface area contributed by atoms with Crippen LogP contribution in [0.15, 0.2) is 29.9 Å². The Kier molecular flexibility index (Phi) is 2.16. The largest absolute Gasteiger partial charge is 0.380 e. The Morgan fingerprint density at radius 3 is 3.00 bits per heavy atom. The Balaban J connectivity index is 2.33. The maximum atomic E-state index is 9.88. The highest BCUT2D eigenvalue weighted by Crippen LogP contribution is 2.23. The Bertz CT molecular complexity index is 380. The van der Waals surface area contributed by atoms with E-state index in [1.54, 1.807) is 6.20 Å². The highest BCUT2D eigenvalue weighted by Gasteiger charge is 2.14. The Morgan fingerprint density at radius 2 is 2.46 bits per heavy atom. The first-order valence-electron chi connectivity index (χ1n) is 3.97. The average molecular weight is 194 g/mol. The quantitative estimate of drug-likeness (QED) is 0.788. The standard InChI is InChI=1S/C9H10N2OS/c1-11-5-4-10-9(11)8(12)7-3-2-6-13-7/h2-6,8,12H,1H3/t8-/m1/s1. The molecule has 1 N–H and O–H groups in total. The van der Waals surface area contributed by atoms with Crippen molar-refractivity contribution in [3.63, 3.8) is 0 Å². The first-order valence-corrected chi connectivity index (χ1v) is 4.85. The van der Waals surface area contributed by atoms with Crippen LogP contribution in [-0.4, -0.2) is 14.7 Å². The molecule has 0 aliphatic carbocycles. The SMILES string of the molecule is Cn1ccnc1[C@H](O)c1cccs1. The molecule has 0 bridgehead atoms.